The SMILES string of the molecule is CC1(C)CCC2(OC2C#N)c2ccccc21. The fourth-order valence-electron chi connectivity index (χ4n) is 2.91. The first-order valence-electron chi connectivity index (χ1n) is 5.78. The van der Waals surface area contributed by atoms with Gasteiger partial charge in [0.05, 0.1) is 6.07 Å². The zero-order valence-corrected chi connectivity index (χ0v) is 9.66. The average Bonchev–Trinajstić information content (AvgIpc) is 3.00. The maximum absolute atomic E-state index is 9.00. The third-order valence-corrected chi connectivity index (χ3v) is 4.05. The molecule has 1 aromatic carbocycles. The van der Waals surface area contributed by atoms with Gasteiger partial charge in [-0.05, 0) is 29.4 Å². The van der Waals surface area contributed by atoms with Crippen LogP contribution in [0.15, 0.2) is 24.3 Å². The molecule has 1 heterocycles. The number of nitriles is 1. The summed E-state index contributed by atoms with van der Waals surface area (Å²) in [7, 11) is 0. The van der Waals surface area contributed by atoms with Gasteiger partial charge in [-0.1, -0.05) is 38.1 Å². The molecule has 0 bridgehead atoms. The second-order valence-corrected chi connectivity index (χ2v) is 5.45. The maximum Gasteiger partial charge on any atom is 0.178 e. The Hall–Kier alpha value is -1.33. The van der Waals surface area contributed by atoms with Crippen molar-refractivity contribution in [1.82, 2.24) is 0 Å². The van der Waals surface area contributed by atoms with Crippen LogP contribution in [0, 0.1) is 11.3 Å². The summed E-state index contributed by atoms with van der Waals surface area (Å²) in [5.74, 6) is 0. The molecule has 1 aliphatic heterocycles. The molecule has 0 saturated carbocycles. The summed E-state index contributed by atoms with van der Waals surface area (Å²) in [5, 5.41) is 9.00. The lowest BCUT2D eigenvalue weighted by molar-refractivity contribution is 0.242. The highest BCUT2D eigenvalue weighted by Gasteiger charge is 2.61. The second kappa shape index (κ2) is 2.87. The van der Waals surface area contributed by atoms with Gasteiger partial charge >= 0.3 is 0 Å². The lowest BCUT2D eigenvalue weighted by Crippen LogP contribution is -2.31. The summed E-state index contributed by atoms with van der Waals surface area (Å²) in [6.07, 6.45) is 1.82. The fraction of sp³-hybridized carbons (Fsp3) is 0.500. The number of benzene rings is 1. The molecule has 1 aliphatic carbocycles. The molecule has 0 amide bonds. The van der Waals surface area contributed by atoms with Crippen LogP contribution in [0.2, 0.25) is 0 Å². The molecule has 0 N–H and O–H groups in total. The molecule has 1 spiro atoms. The third kappa shape index (κ3) is 1.10. The van der Waals surface area contributed by atoms with E-state index >= 15 is 0 Å². The van der Waals surface area contributed by atoms with Gasteiger partial charge in [0.1, 0.15) is 5.60 Å². The zero-order chi connectivity index (χ0) is 11.4. The molecule has 2 aliphatic rings. The molecule has 2 heteroatoms. The van der Waals surface area contributed by atoms with Crippen LogP contribution in [0.5, 0.6) is 0 Å². The van der Waals surface area contributed by atoms with Crippen molar-refractivity contribution in [3.8, 4) is 6.07 Å². The molecule has 2 unspecified atom stereocenters. The fourth-order valence-corrected chi connectivity index (χ4v) is 2.91. The van der Waals surface area contributed by atoms with E-state index in [2.05, 4.69) is 38.1 Å². The molecule has 82 valence electrons. The highest BCUT2D eigenvalue weighted by molar-refractivity contribution is 5.45. The van der Waals surface area contributed by atoms with Crippen LogP contribution >= 0.6 is 0 Å². The minimum atomic E-state index is -0.277. The highest BCUT2D eigenvalue weighted by atomic mass is 16.6. The first-order valence-corrected chi connectivity index (χ1v) is 5.78. The Balaban J connectivity index is 2.15. The van der Waals surface area contributed by atoms with Crippen molar-refractivity contribution in [2.45, 2.75) is 43.8 Å². The summed E-state index contributed by atoms with van der Waals surface area (Å²) < 4.78 is 5.65. The number of hydrogen-bond donors (Lipinski definition) is 0. The molecule has 16 heavy (non-hydrogen) atoms. The molecule has 2 atom stereocenters. The highest BCUT2D eigenvalue weighted by Crippen LogP contribution is 2.57. The molecule has 2 nitrogen and oxygen atoms in total. The predicted molar refractivity (Wildman–Crippen MR) is 60.9 cm³/mol. The van der Waals surface area contributed by atoms with Gasteiger partial charge in [-0.3, -0.25) is 0 Å². The normalized spacial score (nSPS) is 34.2. The van der Waals surface area contributed by atoms with E-state index in [4.69, 9.17) is 10.00 Å². The predicted octanol–water partition coefficient (Wildman–Crippen LogP) is 2.88. The Morgan fingerprint density at radius 1 is 1.25 bits per heavy atom. The van der Waals surface area contributed by atoms with Crippen molar-refractivity contribution in [3.63, 3.8) is 0 Å². The monoisotopic (exact) mass is 213 g/mol. The van der Waals surface area contributed by atoms with Gasteiger partial charge in [-0.2, -0.15) is 5.26 Å². The largest absolute Gasteiger partial charge is 0.345 e. The van der Waals surface area contributed by atoms with E-state index in [0.717, 1.165) is 12.8 Å². The van der Waals surface area contributed by atoms with Crippen molar-refractivity contribution in [3.05, 3.63) is 35.4 Å². The lowest BCUT2D eigenvalue weighted by atomic mass is 9.68. The number of nitrogens with zero attached hydrogens (tertiary/aromatic N) is 1. The van der Waals surface area contributed by atoms with Crippen LogP contribution in [0.3, 0.4) is 0 Å². The van der Waals surface area contributed by atoms with Crippen molar-refractivity contribution in [2.24, 2.45) is 0 Å². The molecule has 3 rings (SSSR count). The molecule has 1 fully saturated rings. The molecular formula is C14H15NO. The van der Waals surface area contributed by atoms with Crippen LogP contribution in [-0.2, 0) is 15.8 Å². The van der Waals surface area contributed by atoms with Crippen molar-refractivity contribution < 1.29 is 4.74 Å². The third-order valence-electron chi connectivity index (χ3n) is 4.05. The molecule has 0 aromatic heterocycles. The van der Waals surface area contributed by atoms with E-state index in [1.165, 1.54) is 11.1 Å². The van der Waals surface area contributed by atoms with Crippen LogP contribution in [0.1, 0.15) is 37.8 Å². The number of hydrogen-bond acceptors (Lipinski definition) is 2. The van der Waals surface area contributed by atoms with Gasteiger partial charge in [-0.25, -0.2) is 0 Å². The summed E-state index contributed by atoms with van der Waals surface area (Å²) in [4.78, 5) is 0. The average molecular weight is 213 g/mol. The first-order chi connectivity index (χ1) is 7.60. The van der Waals surface area contributed by atoms with Crippen LogP contribution in [-0.4, -0.2) is 6.10 Å². The van der Waals surface area contributed by atoms with E-state index in [1.807, 2.05) is 6.07 Å². The van der Waals surface area contributed by atoms with E-state index in [-0.39, 0.29) is 17.1 Å². The van der Waals surface area contributed by atoms with Gasteiger partial charge in [0, 0.05) is 0 Å². The summed E-state index contributed by atoms with van der Waals surface area (Å²) >= 11 is 0. The Bertz CT molecular complexity index is 486. The van der Waals surface area contributed by atoms with E-state index in [1.54, 1.807) is 0 Å². The Labute approximate surface area is 95.8 Å². The van der Waals surface area contributed by atoms with E-state index < -0.39 is 0 Å². The van der Waals surface area contributed by atoms with Gasteiger partial charge in [0.15, 0.2) is 6.10 Å². The van der Waals surface area contributed by atoms with E-state index in [9.17, 15) is 0 Å². The zero-order valence-electron chi connectivity index (χ0n) is 9.66. The minimum Gasteiger partial charge on any atom is -0.345 e. The summed E-state index contributed by atoms with van der Waals surface area (Å²) in [6, 6.07) is 10.6. The number of ether oxygens (including phenoxy) is 1. The standard InChI is InChI=1S/C14H15NO/c1-13(2)7-8-14(12(9-15)16-14)11-6-4-3-5-10(11)13/h3-6,12H,7-8H2,1-2H3. The van der Waals surface area contributed by atoms with Crippen LogP contribution in [0.4, 0.5) is 0 Å². The number of epoxide rings is 1. The Kier molecular flexibility index (Phi) is 1.77. The smallest absolute Gasteiger partial charge is 0.178 e. The number of rotatable bonds is 0. The Morgan fingerprint density at radius 2 is 1.94 bits per heavy atom. The molecule has 0 radical (unpaired) electrons. The van der Waals surface area contributed by atoms with Crippen LogP contribution < -0.4 is 0 Å². The first kappa shape index (κ1) is 9.86. The van der Waals surface area contributed by atoms with Crippen LogP contribution in [0.25, 0.3) is 0 Å². The molecular weight excluding hydrogens is 198 g/mol. The Morgan fingerprint density at radius 3 is 2.56 bits per heavy atom. The topological polar surface area (TPSA) is 36.3 Å². The molecule has 1 aromatic rings. The van der Waals surface area contributed by atoms with Crippen molar-refractivity contribution in [1.29, 1.82) is 5.26 Å². The quantitative estimate of drug-likeness (QED) is 0.621. The van der Waals surface area contributed by atoms with Gasteiger partial charge in [0.2, 0.25) is 0 Å². The number of fused-ring (bicyclic) bond motifs is 2. The minimum absolute atomic E-state index is 0.202. The van der Waals surface area contributed by atoms with Crippen molar-refractivity contribution >= 4 is 0 Å². The summed E-state index contributed by atoms with van der Waals surface area (Å²) in [5.41, 5.74) is 2.51. The van der Waals surface area contributed by atoms with Crippen molar-refractivity contribution in [2.75, 3.05) is 0 Å². The van der Waals surface area contributed by atoms with Gasteiger partial charge in [-0.15, -0.1) is 0 Å². The van der Waals surface area contributed by atoms with E-state index in [0.29, 0.717) is 0 Å². The second-order valence-electron chi connectivity index (χ2n) is 5.45. The molecule has 1 saturated heterocycles. The lowest BCUT2D eigenvalue weighted by Gasteiger charge is -2.35. The summed E-state index contributed by atoms with van der Waals surface area (Å²) in [6.45, 7) is 4.53. The van der Waals surface area contributed by atoms with Gasteiger partial charge in [0.25, 0.3) is 0 Å². The maximum atomic E-state index is 9.00. The van der Waals surface area contributed by atoms with Gasteiger partial charge < -0.3 is 4.74 Å².